The first-order chi connectivity index (χ1) is 9.38. The van der Waals surface area contributed by atoms with E-state index in [0.717, 1.165) is 25.3 Å². The van der Waals surface area contributed by atoms with Gasteiger partial charge in [0, 0.05) is 38.2 Å². The van der Waals surface area contributed by atoms with Gasteiger partial charge < -0.3 is 14.6 Å². The fraction of sp³-hybridized carbons (Fsp3) is 0.429. The van der Waals surface area contributed by atoms with Gasteiger partial charge in [0.2, 0.25) is 0 Å². The zero-order chi connectivity index (χ0) is 13.1. The third-order valence-electron chi connectivity index (χ3n) is 3.60. The van der Waals surface area contributed by atoms with Crippen LogP contribution in [0.3, 0.4) is 0 Å². The molecule has 0 amide bonds. The molecule has 2 aromatic rings. The van der Waals surface area contributed by atoms with Crippen LogP contribution in [0.15, 0.2) is 30.6 Å². The van der Waals surface area contributed by atoms with Gasteiger partial charge >= 0.3 is 0 Å². The number of hydrogen-bond acceptors (Lipinski definition) is 4. The third kappa shape index (κ3) is 2.46. The second kappa shape index (κ2) is 5.40. The maximum atomic E-state index is 5.11. The first kappa shape index (κ1) is 12.2. The molecule has 1 N–H and O–H groups in total. The van der Waals surface area contributed by atoms with E-state index in [9.17, 15) is 0 Å². The minimum Gasteiger partial charge on any atom is -0.384 e. The first-order valence-corrected chi connectivity index (χ1v) is 6.57. The Bertz CT molecular complexity index is 552. The van der Waals surface area contributed by atoms with Crippen LogP contribution in [-0.2, 0) is 17.7 Å². The summed E-state index contributed by atoms with van der Waals surface area (Å²) in [5.74, 6) is 1.50. The molecule has 3 rings (SSSR count). The molecule has 0 saturated carbocycles. The van der Waals surface area contributed by atoms with Gasteiger partial charge in [0.05, 0.1) is 6.61 Å². The Morgan fingerprint density at radius 1 is 1.42 bits per heavy atom. The molecule has 0 bridgehead atoms. The Balaban J connectivity index is 1.74. The second-order valence-corrected chi connectivity index (χ2v) is 4.80. The summed E-state index contributed by atoms with van der Waals surface area (Å²) in [5, 5.41) is 11.7. The van der Waals surface area contributed by atoms with Crippen LogP contribution < -0.4 is 5.32 Å². The molecular weight excluding hydrogens is 240 g/mol. The van der Waals surface area contributed by atoms with Crippen molar-refractivity contribution >= 4 is 5.69 Å². The van der Waals surface area contributed by atoms with Crippen molar-refractivity contribution in [3.63, 3.8) is 0 Å². The average molecular weight is 258 g/mol. The summed E-state index contributed by atoms with van der Waals surface area (Å²) in [6.07, 6.45) is 2.69. The lowest BCUT2D eigenvalue weighted by molar-refractivity contribution is 0.186. The Morgan fingerprint density at radius 2 is 2.32 bits per heavy atom. The summed E-state index contributed by atoms with van der Waals surface area (Å²) < 4.78 is 7.18. The van der Waals surface area contributed by atoms with Crippen molar-refractivity contribution in [3.05, 3.63) is 42.0 Å². The zero-order valence-electron chi connectivity index (χ0n) is 11.0. The molecule has 100 valence electrons. The number of ether oxygens (including phenoxy) is 1. The number of fused-ring (bicyclic) bond motifs is 1. The van der Waals surface area contributed by atoms with Gasteiger partial charge in [-0.05, 0) is 11.6 Å². The minimum atomic E-state index is 0.474. The molecule has 0 aliphatic carbocycles. The van der Waals surface area contributed by atoms with E-state index in [4.69, 9.17) is 4.74 Å². The fourth-order valence-corrected chi connectivity index (χ4v) is 2.57. The first-order valence-electron chi connectivity index (χ1n) is 6.57. The van der Waals surface area contributed by atoms with Gasteiger partial charge in [-0.15, -0.1) is 10.2 Å². The Morgan fingerprint density at radius 3 is 3.21 bits per heavy atom. The van der Waals surface area contributed by atoms with Crippen molar-refractivity contribution in [2.45, 2.75) is 18.9 Å². The van der Waals surface area contributed by atoms with Crippen LogP contribution in [0, 0.1) is 0 Å². The van der Waals surface area contributed by atoms with E-state index in [0.29, 0.717) is 12.5 Å². The predicted molar refractivity (Wildman–Crippen MR) is 73.3 cm³/mol. The van der Waals surface area contributed by atoms with Crippen LogP contribution in [-0.4, -0.2) is 35.0 Å². The Hall–Kier alpha value is -1.88. The summed E-state index contributed by atoms with van der Waals surface area (Å²) in [6.45, 7) is 2.46. The topological polar surface area (TPSA) is 52.0 Å². The van der Waals surface area contributed by atoms with Crippen LogP contribution in [0.4, 0.5) is 5.69 Å². The van der Waals surface area contributed by atoms with E-state index < -0.39 is 0 Å². The molecule has 19 heavy (non-hydrogen) atoms. The Labute approximate surface area is 112 Å². The molecule has 0 spiro atoms. The number of methoxy groups -OCH3 is 1. The van der Waals surface area contributed by atoms with E-state index in [1.54, 1.807) is 13.4 Å². The molecule has 2 heterocycles. The summed E-state index contributed by atoms with van der Waals surface area (Å²) in [6, 6.07) is 8.48. The van der Waals surface area contributed by atoms with Gasteiger partial charge in [0.1, 0.15) is 12.2 Å². The van der Waals surface area contributed by atoms with Gasteiger partial charge in [-0.25, -0.2) is 0 Å². The molecular formula is C14H18N4O. The number of nitrogens with zero attached hydrogens (tertiary/aromatic N) is 3. The second-order valence-electron chi connectivity index (χ2n) is 4.80. The molecule has 1 aromatic heterocycles. The zero-order valence-corrected chi connectivity index (χ0v) is 11.0. The molecule has 1 atom stereocenters. The monoisotopic (exact) mass is 258 g/mol. The molecule has 0 saturated heterocycles. The molecule has 5 heteroatoms. The smallest absolute Gasteiger partial charge is 0.133 e. The van der Waals surface area contributed by atoms with Gasteiger partial charge in [-0.3, -0.25) is 0 Å². The van der Waals surface area contributed by atoms with Crippen molar-refractivity contribution in [2.75, 3.05) is 25.6 Å². The standard InChI is InChI=1S/C14H18N4O/c1-19-7-6-18-10-16-17-14(18)8-11-9-15-13-5-3-2-4-12(11)13/h2-5,10-11,15H,6-9H2,1H3. The van der Waals surface area contributed by atoms with Crippen LogP contribution >= 0.6 is 0 Å². The van der Waals surface area contributed by atoms with Crippen LogP contribution in [0.5, 0.6) is 0 Å². The summed E-state index contributed by atoms with van der Waals surface area (Å²) in [5.41, 5.74) is 2.62. The van der Waals surface area contributed by atoms with Crippen molar-refractivity contribution in [1.29, 1.82) is 0 Å². The van der Waals surface area contributed by atoms with E-state index >= 15 is 0 Å². The fourth-order valence-electron chi connectivity index (χ4n) is 2.57. The molecule has 1 aromatic carbocycles. The van der Waals surface area contributed by atoms with Gasteiger partial charge in [0.15, 0.2) is 0 Å². The maximum absolute atomic E-state index is 5.11. The van der Waals surface area contributed by atoms with Gasteiger partial charge in [-0.1, -0.05) is 18.2 Å². The quantitative estimate of drug-likeness (QED) is 0.886. The number of nitrogens with one attached hydrogen (secondary N) is 1. The van der Waals surface area contributed by atoms with E-state index in [1.807, 2.05) is 0 Å². The lowest BCUT2D eigenvalue weighted by atomic mass is 9.97. The molecule has 0 fully saturated rings. The number of para-hydroxylation sites is 1. The van der Waals surface area contributed by atoms with Crippen molar-refractivity contribution in [2.24, 2.45) is 0 Å². The van der Waals surface area contributed by atoms with Crippen LogP contribution in [0.25, 0.3) is 0 Å². The van der Waals surface area contributed by atoms with Gasteiger partial charge in [0.25, 0.3) is 0 Å². The largest absolute Gasteiger partial charge is 0.384 e. The number of aromatic nitrogens is 3. The van der Waals surface area contributed by atoms with E-state index in [-0.39, 0.29) is 0 Å². The SMILES string of the molecule is COCCn1cnnc1CC1CNc2ccccc21. The summed E-state index contributed by atoms with van der Waals surface area (Å²) in [4.78, 5) is 0. The lowest BCUT2D eigenvalue weighted by Gasteiger charge is -2.11. The highest BCUT2D eigenvalue weighted by atomic mass is 16.5. The average Bonchev–Trinajstić information content (AvgIpc) is 3.05. The van der Waals surface area contributed by atoms with Crippen LogP contribution in [0.2, 0.25) is 0 Å². The molecule has 1 aliphatic rings. The van der Waals surface area contributed by atoms with Gasteiger partial charge in [-0.2, -0.15) is 0 Å². The molecule has 1 unspecified atom stereocenters. The molecule has 5 nitrogen and oxygen atoms in total. The maximum Gasteiger partial charge on any atom is 0.133 e. The van der Waals surface area contributed by atoms with Crippen molar-refractivity contribution in [3.8, 4) is 0 Å². The highest BCUT2D eigenvalue weighted by Gasteiger charge is 2.23. The summed E-state index contributed by atoms with van der Waals surface area (Å²) >= 11 is 0. The van der Waals surface area contributed by atoms with E-state index in [1.165, 1.54) is 11.3 Å². The highest BCUT2D eigenvalue weighted by Crippen LogP contribution is 2.32. The normalized spacial score (nSPS) is 17.2. The molecule has 1 aliphatic heterocycles. The number of hydrogen-bond donors (Lipinski definition) is 1. The Kier molecular flexibility index (Phi) is 3.46. The minimum absolute atomic E-state index is 0.474. The summed E-state index contributed by atoms with van der Waals surface area (Å²) in [7, 11) is 1.71. The number of rotatable bonds is 5. The third-order valence-corrected chi connectivity index (χ3v) is 3.60. The number of benzene rings is 1. The van der Waals surface area contributed by atoms with Crippen molar-refractivity contribution < 1.29 is 4.74 Å². The molecule has 0 radical (unpaired) electrons. The highest BCUT2D eigenvalue weighted by molar-refractivity contribution is 5.57. The van der Waals surface area contributed by atoms with E-state index in [2.05, 4.69) is 44.3 Å². The number of anilines is 1. The predicted octanol–water partition coefficient (Wildman–Crippen LogP) is 1.68. The van der Waals surface area contributed by atoms with Crippen molar-refractivity contribution in [1.82, 2.24) is 14.8 Å². The van der Waals surface area contributed by atoms with Crippen LogP contribution in [0.1, 0.15) is 17.3 Å². The lowest BCUT2D eigenvalue weighted by Crippen LogP contribution is -2.12.